The number of benzene rings is 1. The smallest absolute Gasteiger partial charge is 0.343 e. The molecule has 0 aliphatic carbocycles. The molecule has 0 radical (unpaired) electrons. The standard InChI is InChI=1S/C9H5ClO3/c10-8-5-3-4-13-9(12)6(5)1-2-7(8)11/h1-4,11H. The molecule has 4 heteroatoms. The van der Waals surface area contributed by atoms with E-state index in [1.54, 1.807) is 6.07 Å². The second-order valence-electron chi connectivity index (χ2n) is 2.57. The summed E-state index contributed by atoms with van der Waals surface area (Å²) in [5.41, 5.74) is -0.459. The maximum atomic E-state index is 11.1. The van der Waals surface area contributed by atoms with E-state index in [0.29, 0.717) is 10.8 Å². The van der Waals surface area contributed by atoms with E-state index < -0.39 is 5.63 Å². The monoisotopic (exact) mass is 196 g/mol. The summed E-state index contributed by atoms with van der Waals surface area (Å²) in [6.45, 7) is 0. The van der Waals surface area contributed by atoms with Crippen LogP contribution in [0, 0.1) is 0 Å². The molecule has 2 aromatic rings. The van der Waals surface area contributed by atoms with Gasteiger partial charge in [0, 0.05) is 5.39 Å². The molecule has 0 bridgehead atoms. The Bertz CT molecular complexity index is 516. The van der Waals surface area contributed by atoms with Gasteiger partial charge in [-0.2, -0.15) is 0 Å². The zero-order valence-electron chi connectivity index (χ0n) is 6.45. The van der Waals surface area contributed by atoms with Crippen LogP contribution in [-0.4, -0.2) is 5.11 Å². The van der Waals surface area contributed by atoms with Gasteiger partial charge in [-0.25, -0.2) is 4.79 Å². The molecule has 1 aromatic carbocycles. The Morgan fingerprint density at radius 3 is 2.77 bits per heavy atom. The predicted octanol–water partition coefficient (Wildman–Crippen LogP) is 2.15. The molecule has 0 aliphatic rings. The summed E-state index contributed by atoms with van der Waals surface area (Å²) in [6.07, 6.45) is 1.25. The van der Waals surface area contributed by atoms with Gasteiger partial charge in [-0.15, -0.1) is 0 Å². The molecule has 3 nitrogen and oxygen atoms in total. The summed E-state index contributed by atoms with van der Waals surface area (Å²) in [7, 11) is 0. The highest BCUT2D eigenvalue weighted by Gasteiger charge is 2.06. The highest BCUT2D eigenvalue weighted by molar-refractivity contribution is 6.36. The van der Waals surface area contributed by atoms with Gasteiger partial charge in [-0.1, -0.05) is 11.6 Å². The molecule has 13 heavy (non-hydrogen) atoms. The van der Waals surface area contributed by atoms with Gasteiger partial charge in [0.05, 0.1) is 16.7 Å². The summed E-state index contributed by atoms with van der Waals surface area (Å²) in [5, 5.41) is 10.3. The van der Waals surface area contributed by atoms with Crippen LogP contribution in [-0.2, 0) is 0 Å². The lowest BCUT2D eigenvalue weighted by molar-refractivity contribution is 0.476. The normalized spacial score (nSPS) is 10.5. The summed E-state index contributed by atoms with van der Waals surface area (Å²) in [6, 6.07) is 4.38. The van der Waals surface area contributed by atoms with E-state index in [-0.39, 0.29) is 10.8 Å². The second-order valence-corrected chi connectivity index (χ2v) is 2.95. The van der Waals surface area contributed by atoms with E-state index in [0.717, 1.165) is 0 Å². The molecule has 0 saturated carbocycles. The number of rotatable bonds is 0. The average molecular weight is 197 g/mol. The summed E-state index contributed by atoms with van der Waals surface area (Å²) >= 11 is 5.77. The largest absolute Gasteiger partial charge is 0.506 e. The van der Waals surface area contributed by atoms with Crippen molar-refractivity contribution in [1.29, 1.82) is 0 Å². The fraction of sp³-hybridized carbons (Fsp3) is 0. The Labute approximate surface area is 78.2 Å². The van der Waals surface area contributed by atoms with E-state index in [2.05, 4.69) is 4.42 Å². The Morgan fingerprint density at radius 1 is 1.23 bits per heavy atom. The number of hydrogen-bond donors (Lipinski definition) is 1. The minimum absolute atomic E-state index is 0.0419. The van der Waals surface area contributed by atoms with Gasteiger partial charge in [-0.3, -0.25) is 0 Å². The Kier molecular flexibility index (Phi) is 1.74. The van der Waals surface area contributed by atoms with Crippen LogP contribution < -0.4 is 5.63 Å². The lowest BCUT2D eigenvalue weighted by Crippen LogP contribution is -1.97. The van der Waals surface area contributed by atoms with Crippen molar-refractivity contribution in [3.8, 4) is 5.75 Å². The summed E-state index contributed by atoms with van der Waals surface area (Å²) < 4.78 is 4.64. The van der Waals surface area contributed by atoms with Gasteiger partial charge in [0.2, 0.25) is 0 Å². The maximum Gasteiger partial charge on any atom is 0.343 e. The number of phenolic OH excluding ortho intramolecular Hbond substituents is 1. The van der Waals surface area contributed by atoms with Crippen LogP contribution in [0.15, 0.2) is 33.7 Å². The number of halogens is 1. The fourth-order valence-corrected chi connectivity index (χ4v) is 1.38. The van der Waals surface area contributed by atoms with Crippen molar-refractivity contribution < 1.29 is 9.52 Å². The Hall–Kier alpha value is -1.48. The third-order valence-corrected chi connectivity index (χ3v) is 2.19. The molecule has 0 spiro atoms. The minimum atomic E-state index is -0.459. The van der Waals surface area contributed by atoms with Crippen molar-refractivity contribution in [3.63, 3.8) is 0 Å². The van der Waals surface area contributed by atoms with Gasteiger partial charge in [0.1, 0.15) is 5.75 Å². The Balaban J connectivity index is 3.03. The molecule has 0 amide bonds. The molecule has 0 atom stereocenters. The molecule has 1 aromatic heterocycles. The van der Waals surface area contributed by atoms with Gasteiger partial charge in [0.15, 0.2) is 0 Å². The minimum Gasteiger partial charge on any atom is -0.506 e. The van der Waals surface area contributed by atoms with Gasteiger partial charge in [-0.05, 0) is 18.2 Å². The third kappa shape index (κ3) is 1.17. The molecule has 0 unspecified atom stereocenters. The molecule has 1 heterocycles. The van der Waals surface area contributed by atoms with Gasteiger partial charge >= 0.3 is 5.63 Å². The van der Waals surface area contributed by atoms with E-state index in [9.17, 15) is 9.90 Å². The maximum absolute atomic E-state index is 11.1. The molecular formula is C9H5ClO3. The lowest BCUT2D eigenvalue weighted by Gasteiger charge is -1.99. The van der Waals surface area contributed by atoms with Crippen LogP contribution in [0.25, 0.3) is 10.8 Å². The zero-order chi connectivity index (χ0) is 9.42. The van der Waals surface area contributed by atoms with Gasteiger partial charge in [0.25, 0.3) is 0 Å². The van der Waals surface area contributed by atoms with Gasteiger partial charge < -0.3 is 9.52 Å². The quantitative estimate of drug-likeness (QED) is 0.703. The van der Waals surface area contributed by atoms with E-state index in [4.69, 9.17) is 11.6 Å². The first-order chi connectivity index (χ1) is 6.20. The SMILES string of the molecule is O=c1occc2c(Cl)c(O)ccc12. The van der Waals surface area contributed by atoms with Crippen molar-refractivity contribution in [2.45, 2.75) is 0 Å². The third-order valence-electron chi connectivity index (χ3n) is 1.79. The molecule has 66 valence electrons. The zero-order valence-corrected chi connectivity index (χ0v) is 7.21. The summed E-state index contributed by atoms with van der Waals surface area (Å²) in [4.78, 5) is 11.1. The lowest BCUT2D eigenvalue weighted by atomic mass is 10.2. The first-order valence-corrected chi connectivity index (χ1v) is 3.97. The molecule has 2 rings (SSSR count). The highest BCUT2D eigenvalue weighted by atomic mass is 35.5. The molecule has 0 fully saturated rings. The van der Waals surface area contributed by atoms with Crippen molar-refractivity contribution in [3.05, 3.63) is 39.9 Å². The molecular weight excluding hydrogens is 192 g/mol. The number of fused-ring (bicyclic) bond motifs is 1. The average Bonchev–Trinajstić information content (AvgIpc) is 2.12. The Morgan fingerprint density at radius 2 is 2.00 bits per heavy atom. The summed E-state index contributed by atoms with van der Waals surface area (Å²) in [5.74, 6) is -0.0419. The number of phenols is 1. The van der Waals surface area contributed by atoms with Crippen LogP contribution in [0.2, 0.25) is 5.02 Å². The van der Waals surface area contributed by atoms with Crippen molar-refractivity contribution in [1.82, 2.24) is 0 Å². The van der Waals surface area contributed by atoms with E-state index in [1.165, 1.54) is 18.4 Å². The van der Waals surface area contributed by atoms with Crippen molar-refractivity contribution in [2.75, 3.05) is 0 Å². The molecule has 0 saturated heterocycles. The first-order valence-electron chi connectivity index (χ1n) is 3.59. The molecule has 0 aliphatic heterocycles. The number of hydrogen-bond acceptors (Lipinski definition) is 3. The van der Waals surface area contributed by atoms with Crippen molar-refractivity contribution >= 4 is 22.4 Å². The van der Waals surface area contributed by atoms with Crippen molar-refractivity contribution in [2.24, 2.45) is 0 Å². The highest BCUT2D eigenvalue weighted by Crippen LogP contribution is 2.29. The van der Waals surface area contributed by atoms with Crippen LogP contribution >= 0.6 is 11.6 Å². The van der Waals surface area contributed by atoms with Crippen LogP contribution in [0.1, 0.15) is 0 Å². The van der Waals surface area contributed by atoms with E-state index >= 15 is 0 Å². The topological polar surface area (TPSA) is 50.4 Å². The first kappa shape index (κ1) is 8.13. The van der Waals surface area contributed by atoms with Crippen LogP contribution in [0.5, 0.6) is 5.75 Å². The fourth-order valence-electron chi connectivity index (χ4n) is 1.15. The van der Waals surface area contributed by atoms with Crippen LogP contribution in [0.3, 0.4) is 0 Å². The molecule has 1 N–H and O–H groups in total. The van der Waals surface area contributed by atoms with E-state index in [1.807, 2.05) is 0 Å². The number of aromatic hydroxyl groups is 1. The van der Waals surface area contributed by atoms with Crippen LogP contribution in [0.4, 0.5) is 0 Å². The second kappa shape index (κ2) is 2.78. The predicted molar refractivity (Wildman–Crippen MR) is 49.2 cm³/mol.